The molecule has 1 N–H and O–H groups in total. The summed E-state index contributed by atoms with van der Waals surface area (Å²) in [5.41, 5.74) is 2.40. The fourth-order valence-electron chi connectivity index (χ4n) is 4.40. The maximum atomic E-state index is 13.3. The fourth-order valence-corrected chi connectivity index (χ4v) is 4.40. The second-order valence-corrected chi connectivity index (χ2v) is 9.44. The van der Waals surface area contributed by atoms with Gasteiger partial charge in [0.15, 0.2) is 0 Å². The van der Waals surface area contributed by atoms with E-state index in [0.717, 1.165) is 19.5 Å². The minimum Gasteiger partial charge on any atom is -0.491 e. The summed E-state index contributed by atoms with van der Waals surface area (Å²) in [6.07, 6.45) is 1.23. The summed E-state index contributed by atoms with van der Waals surface area (Å²) in [7, 11) is 3.50. The lowest BCUT2D eigenvalue weighted by molar-refractivity contribution is -0.115. The molecule has 35 heavy (non-hydrogen) atoms. The molecule has 1 aliphatic rings. The van der Waals surface area contributed by atoms with Gasteiger partial charge in [-0.2, -0.15) is 0 Å². The van der Waals surface area contributed by atoms with Crippen LogP contribution in [0.3, 0.4) is 0 Å². The summed E-state index contributed by atoms with van der Waals surface area (Å²) in [5.74, 6) is 0.489. The Morgan fingerprint density at radius 1 is 1.14 bits per heavy atom. The molecule has 1 aliphatic heterocycles. The van der Waals surface area contributed by atoms with Crippen molar-refractivity contribution in [3.63, 3.8) is 0 Å². The molecule has 1 heterocycles. The maximum Gasteiger partial charge on any atom is 0.257 e. The molecule has 7 nitrogen and oxygen atoms in total. The summed E-state index contributed by atoms with van der Waals surface area (Å²) in [6.45, 7) is 8.76. The van der Waals surface area contributed by atoms with Crippen molar-refractivity contribution in [3.05, 3.63) is 59.7 Å². The van der Waals surface area contributed by atoms with Crippen LogP contribution in [0.2, 0.25) is 0 Å². The van der Waals surface area contributed by atoms with E-state index in [2.05, 4.69) is 48.3 Å². The number of methoxy groups -OCH3 is 1. The summed E-state index contributed by atoms with van der Waals surface area (Å²) < 4.78 is 12.1. The zero-order valence-corrected chi connectivity index (χ0v) is 21.6. The zero-order valence-electron chi connectivity index (χ0n) is 21.6. The van der Waals surface area contributed by atoms with Crippen molar-refractivity contribution < 1.29 is 19.1 Å². The molecule has 0 spiro atoms. The first-order valence-corrected chi connectivity index (χ1v) is 12.4. The molecular formula is C28H39N3O4. The van der Waals surface area contributed by atoms with Gasteiger partial charge in [-0.25, -0.2) is 0 Å². The number of nitrogens with one attached hydrogen (secondary N) is 1. The third kappa shape index (κ3) is 7.29. The first-order valence-electron chi connectivity index (χ1n) is 12.4. The average Bonchev–Trinajstić information content (AvgIpc) is 2.87. The Morgan fingerprint density at radius 3 is 2.57 bits per heavy atom. The fraction of sp³-hybridized carbons (Fsp3) is 0.500. The van der Waals surface area contributed by atoms with E-state index in [1.54, 1.807) is 44.2 Å². The molecule has 3 atom stereocenters. The molecule has 2 aromatic rings. The molecule has 0 fully saturated rings. The number of benzene rings is 2. The van der Waals surface area contributed by atoms with E-state index in [1.807, 2.05) is 6.07 Å². The van der Waals surface area contributed by atoms with Gasteiger partial charge in [-0.05, 0) is 37.0 Å². The number of rotatable bonds is 6. The standard InChI is InChI=1S/C28H39N3O4/c1-6-27(32)29-23-12-13-24-25(16-23)35-19-21(3)31(15-14-22-10-8-7-9-11-22)17-20(2)26(34-5)18-30(4)28(24)33/h7-13,16,20-21,26H,6,14-15,17-19H2,1-5H3,(H,29,32)/t20-,21-,26+/m1/s1. The molecule has 2 aromatic carbocycles. The number of carbonyl (C=O) groups is 2. The summed E-state index contributed by atoms with van der Waals surface area (Å²) in [6, 6.07) is 15.8. The number of hydrogen-bond donors (Lipinski definition) is 1. The Morgan fingerprint density at radius 2 is 1.89 bits per heavy atom. The quantitative estimate of drug-likeness (QED) is 0.673. The van der Waals surface area contributed by atoms with Gasteiger partial charge in [0.05, 0.1) is 11.7 Å². The number of likely N-dealkylation sites (N-methyl/N-ethyl adjacent to an activating group) is 1. The van der Waals surface area contributed by atoms with Gasteiger partial charge < -0.3 is 19.7 Å². The average molecular weight is 482 g/mol. The van der Waals surface area contributed by atoms with E-state index in [1.165, 1.54) is 5.56 Å². The Bertz CT molecular complexity index is 981. The van der Waals surface area contributed by atoms with Crippen LogP contribution < -0.4 is 10.1 Å². The van der Waals surface area contributed by atoms with Crippen LogP contribution in [0.25, 0.3) is 0 Å². The topological polar surface area (TPSA) is 71.1 Å². The number of fused-ring (bicyclic) bond motifs is 1. The van der Waals surface area contributed by atoms with Crippen LogP contribution in [0.15, 0.2) is 48.5 Å². The predicted octanol–water partition coefficient (Wildman–Crippen LogP) is 4.08. The van der Waals surface area contributed by atoms with E-state index in [-0.39, 0.29) is 29.9 Å². The maximum absolute atomic E-state index is 13.3. The lowest BCUT2D eigenvalue weighted by atomic mass is 10.0. The predicted molar refractivity (Wildman–Crippen MR) is 139 cm³/mol. The molecule has 3 rings (SSSR count). The highest BCUT2D eigenvalue weighted by molar-refractivity contribution is 5.98. The third-order valence-corrected chi connectivity index (χ3v) is 6.71. The minimum absolute atomic E-state index is 0.0843. The molecule has 7 heteroatoms. The smallest absolute Gasteiger partial charge is 0.257 e. The second-order valence-electron chi connectivity index (χ2n) is 9.44. The second kappa shape index (κ2) is 12.7. The van der Waals surface area contributed by atoms with Crippen molar-refractivity contribution in [3.8, 4) is 5.75 Å². The van der Waals surface area contributed by atoms with Gasteiger partial charge in [0, 0.05) is 58.0 Å². The van der Waals surface area contributed by atoms with E-state index >= 15 is 0 Å². The summed E-state index contributed by atoms with van der Waals surface area (Å²) in [4.78, 5) is 29.3. The Hall–Kier alpha value is -2.90. The lowest BCUT2D eigenvalue weighted by Crippen LogP contribution is -2.47. The Kier molecular flexibility index (Phi) is 9.69. The van der Waals surface area contributed by atoms with E-state index < -0.39 is 0 Å². The SMILES string of the molecule is CCC(=O)Nc1ccc2c(c1)OC[C@@H](C)N(CCc1ccccc1)C[C@@H](C)[C@@H](OC)CN(C)C2=O. The van der Waals surface area contributed by atoms with Gasteiger partial charge in [0.2, 0.25) is 5.91 Å². The number of ether oxygens (including phenoxy) is 2. The first kappa shape index (κ1) is 26.7. The van der Waals surface area contributed by atoms with Crippen LogP contribution in [0.5, 0.6) is 5.75 Å². The van der Waals surface area contributed by atoms with Gasteiger partial charge in [-0.1, -0.05) is 44.2 Å². The van der Waals surface area contributed by atoms with Crippen molar-refractivity contribution in [2.75, 3.05) is 45.7 Å². The van der Waals surface area contributed by atoms with Gasteiger partial charge in [0.1, 0.15) is 12.4 Å². The Balaban J connectivity index is 1.89. The molecule has 0 saturated heterocycles. The molecule has 2 amide bonds. The number of hydrogen-bond acceptors (Lipinski definition) is 5. The molecule has 0 aliphatic carbocycles. The van der Waals surface area contributed by atoms with Gasteiger partial charge in [-0.3, -0.25) is 14.5 Å². The van der Waals surface area contributed by atoms with Crippen LogP contribution in [0.4, 0.5) is 5.69 Å². The zero-order chi connectivity index (χ0) is 25.4. The van der Waals surface area contributed by atoms with Crippen molar-refractivity contribution >= 4 is 17.5 Å². The Labute approximate surface area is 209 Å². The minimum atomic E-state index is -0.128. The monoisotopic (exact) mass is 481 g/mol. The number of nitrogens with zero attached hydrogens (tertiary/aromatic N) is 2. The summed E-state index contributed by atoms with van der Waals surface area (Å²) >= 11 is 0. The molecule has 190 valence electrons. The molecular weight excluding hydrogens is 442 g/mol. The van der Waals surface area contributed by atoms with Gasteiger partial charge >= 0.3 is 0 Å². The first-order chi connectivity index (χ1) is 16.8. The highest BCUT2D eigenvalue weighted by atomic mass is 16.5. The van der Waals surface area contributed by atoms with Crippen molar-refractivity contribution in [1.29, 1.82) is 0 Å². The normalized spacial score (nSPS) is 21.9. The van der Waals surface area contributed by atoms with Crippen LogP contribution in [0.1, 0.15) is 43.1 Å². The summed E-state index contributed by atoms with van der Waals surface area (Å²) in [5, 5.41) is 2.86. The van der Waals surface area contributed by atoms with Crippen LogP contribution in [-0.4, -0.2) is 74.2 Å². The van der Waals surface area contributed by atoms with Crippen LogP contribution in [0, 0.1) is 5.92 Å². The molecule has 0 bridgehead atoms. The van der Waals surface area contributed by atoms with Crippen molar-refractivity contribution in [2.24, 2.45) is 5.92 Å². The number of carbonyl (C=O) groups excluding carboxylic acids is 2. The van der Waals surface area contributed by atoms with Crippen molar-refractivity contribution in [2.45, 2.75) is 45.8 Å². The highest BCUT2D eigenvalue weighted by Crippen LogP contribution is 2.27. The van der Waals surface area contributed by atoms with E-state index in [4.69, 9.17) is 9.47 Å². The highest BCUT2D eigenvalue weighted by Gasteiger charge is 2.28. The number of amides is 2. The largest absolute Gasteiger partial charge is 0.491 e. The molecule has 0 unspecified atom stereocenters. The molecule has 0 radical (unpaired) electrons. The van der Waals surface area contributed by atoms with E-state index in [0.29, 0.717) is 36.6 Å². The van der Waals surface area contributed by atoms with Crippen LogP contribution in [-0.2, 0) is 16.0 Å². The lowest BCUT2D eigenvalue weighted by Gasteiger charge is -2.36. The molecule has 0 aromatic heterocycles. The molecule has 0 saturated carbocycles. The van der Waals surface area contributed by atoms with Gasteiger partial charge in [-0.15, -0.1) is 0 Å². The van der Waals surface area contributed by atoms with Crippen LogP contribution >= 0.6 is 0 Å². The third-order valence-electron chi connectivity index (χ3n) is 6.71. The van der Waals surface area contributed by atoms with E-state index in [9.17, 15) is 9.59 Å². The van der Waals surface area contributed by atoms with Crippen molar-refractivity contribution in [1.82, 2.24) is 9.80 Å². The number of anilines is 1. The van der Waals surface area contributed by atoms with Gasteiger partial charge in [0.25, 0.3) is 5.91 Å².